The summed E-state index contributed by atoms with van der Waals surface area (Å²) in [6, 6.07) is 0. The van der Waals surface area contributed by atoms with Crippen molar-refractivity contribution in [1.82, 2.24) is 10.2 Å². The number of nitrogens with one attached hydrogen (secondary N) is 1. The number of thioether (sulfide) groups is 1. The zero-order valence-corrected chi connectivity index (χ0v) is 10.3. The molecule has 1 fully saturated rings. The standard InChI is InChI=1S/C10H20N2O2S/c1-9(2)14-10(13)11-3-4-12-5-7-15-8-6-12/h9H,3-8H2,1-2H3,(H,11,13). The molecule has 1 amide bonds. The van der Waals surface area contributed by atoms with Crippen LogP contribution in [0.1, 0.15) is 13.8 Å². The van der Waals surface area contributed by atoms with E-state index >= 15 is 0 Å². The summed E-state index contributed by atoms with van der Waals surface area (Å²) < 4.78 is 4.97. The second-order valence-electron chi connectivity index (χ2n) is 3.83. The second kappa shape index (κ2) is 6.95. The highest BCUT2D eigenvalue weighted by molar-refractivity contribution is 7.99. The van der Waals surface area contributed by atoms with Gasteiger partial charge in [0.2, 0.25) is 0 Å². The van der Waals surface area contributed by atoms with Crippen molar-refractivity contribution in [2.45, 2.75) is 20.0 Å². The average Bonchev–Trinajstić information content (AvgIpc) is 2.18. The van der Waals surface area contributed by atoms with Crippen LogP contribution in [0.25, 0.3) is 0 Å². The van der Waals surface area contributed by atoms with Crippen molar-refractivity contribution in [3.05, 3.63) is 0 Å². The Kier molecular flexibility index (Phi) is 5.86. The Morgan fingerprint density at radius 2 is 2.13 bits per heavy atom. The number of carbonyl (C=O) groups excluding carboxylic acids is 1. The first-order valence-corrected chi connectivity index (χ1v) is 6.58. The third kappa shape index (κ3) is 5.89. The molecular formula is C10H20N2O2S. The minimum Gasteiger partial charge on any atom is -0.447 e. The molecule has 1 heterocycles. The van der Waals surface area contributed by atoms with E-state index in [0.717, 1.165) is 19.6 Å². The molecule has 0 unspecified atom stereocenters. The van der Waals surface area contributed by atoms with Crippen LogP contribution in [0.5, 0.6) is 0 Å². The second-order valence-corrected chi connectivity index (χ2v) is 5.06. The Morgan fingerprint density at radius 1 is 1.47 bits per heavy atom. The lowest BCUT2D eigenvalue weighted by Crippen LogP contribution is -2.39. The van der Waals surface area contributed by atoms with E-state index in [1.807, 2.05) is 25.6 Å². The maximum Gasteiger partial charge on any atom is 0.407 e. The van der Waals surface area contributed by atoms with E-state index in [1.54, 1.807) is 0 Å². The van der Waals surface area contributed by atoms with Gasteiger partial charge in [-0.3, -0.25) is 4.90 Å². The fraction of sp³-hybridized carbons (Fsp3) is 0.900. The highest BCUT2D eigenvalue weighted by Gasteiger charge is 2.10. The molecule has 1 aliphatic heterocycles. The fourth-order valence-corrected chi connectivity index (χ4v) is 2.38. The maximum absolute atomic E-state index is 11.1. The molecule has 0 radical (unpaired) electrons. The first kappa shape index (κ1) is 12.6. The molecular weight excluding hydrogens is 212 g/mol. The largest absolute Gasteiger partial charge is 0.447 e. The third-order valence-electron chi connectivity index (χ3n) is 2.14. The van der Waals surface area contributed by atoms with Crippen molar-refractivity contribution in [3.63, 3.8) is 0 Å². The zero-order chi connectivity index (χ0) is 11.1. The monoisotopic (exact) mass is 232 g/mol. The van der Waals surface area contributed by atoms with Crippen LogP contribution < -0.4 is 5.32 Å². The van der Waals surface area contributed by atoms with Crippen molar-refractivity contribution in [3.8, 4) is 0 Å². The van der Waals surface area contributed by atoms with Gasteiger partial charge in [-0.2, -0.15) is 11.8 Å². The van der Waals surface area contributed by atoms with Crippen molar-refractivity contribution >= 4 is 17.9 Å². The molecule has 0 atom stereocenters. The Bertz CT molecular complexity index is 194. The Hall–Kier alpha value is -0.420. The lowest BCUT2D eigenvalue weighted by molar-refractivity contribution is 0.114. The predicted octanol–water partition coefficient (Wildman–Crippen LogP) is 1.17. The van der Waals surface area contributed by atoms with Crippen LogP contribution >= 0.6 is 11.8 Å². The molecule has 1 aliphatic rings. The minimum absolute atomic E-state index is 0.0450. The van der Waals surface area contributed by atoms with Gasteiger partial charge in [-0.1, -0.05) is 0 Å². The summed E-state index contributed by atoms with van der Waals surface area (Å²) in [5.41, 5.74) is 0. The average molecular weight is 232 g/mol. The lowest BCUT2D eigenvalue weighted by Gasteiger charge is -2.25. The van der Waals surface area contributed by atoms with E-state index in [0.29, 0.717) is 6.54 Å². The van der Waals surface area contributed by atoms with E-state index < -0.39 is 0 Å². The van der Waals surface area contributed by atoms with Crippen LogP contribution in [0.3, 0.4) is 0 Å². The molecule has 5 heteroatoms. The van der Waals surface area contributed by atoms with Crippen LogP contribution in [0.4, 0.5) is 4.79 Å². The number of hydrogen-bond donors (Lipinski definition) is 1. The molecule has 1 saturated heterocycles. The number of hydrogen-bond acceptors (Lipinski definition) is 4. The van der Waals surface area contributed by atoms with Gasteiger partial charge < -0.3 is 10.1 Å². The summed E-state index contributed by atoms with van der Waals surface area (Å²) >= 11 is 1.99. The van der Waals surface area contributed by atoms with Crippen LogP contribution in [-0.2, 0) is 4.74 Å². The Labute approximate surface area is 95.7 Å². The number of amides is 1. The van der Waals surface area contributed by atoms with Gasteiger partial charge in [0.05, 0.1) is 6.10 Å². The van der Waals surface area contributed by atoms with Crippen molar-refractivity contribution in [1.29, 1.82) is 0 Å². The summed E-state index contributed by atoms with van der Waals surface area (Å²) in [6.45, 7) is 7.56. The normalized spacial score (nSPS) is 17.8. The van der Waals surface area contributed by atoms with Crippen molar-refractivity contribution in [2.75, 3.05) is 37.7 Å². The number of rotatable bonds is 4. The van der Waals surface area contributed by atoms with Crippen molar-refractivity contribution < 1.29 is 9.53 Å². The summed E-state index contributed by atoms with van der Waals surface area (Å²) in [5.74, 6) is 2.41. The van der Waals surface area contributed by atoms with Gasteiger partial charge >= 0.3 is 6.09 Å². The molecule has 0 saturated carbocycles. The van der Waals surface area contributed by atoms with Gasteiger partial charge in [0, 0.05) is 37.7 Å². The molecule has 0 bridgehead atoms. The molecule has 1 N–H and O–H groups in total. The van der Waals surface area contributed by atoms with E-state index in [4.69, 9.17) is 4.74 Å². The number of nitrogens with zero attached hydrogens (tertiary/aromatic N) is 1. The first-order valence-electron chi connectivity index (χ1n) is 5.43. The van der Waals surface area contributed by atoms with E-state index in [2.05, 4.69) is 10.2 Å². The van der Waals surface area contributed by atoms with E-state index in [1.165, 1.54) is 11.5 Å². The van der Waals surface area contributed by atoms with Crippen LogP contribution in [-0.4, -0.2) is 54.8 Å². The highest BCUT2D eigenvalue weighted by atomic mass is 32.2. The van der Waals surface area contributed by atoms with Crippen LogP contribution in [0.15, 0.2) is 0 Å². The molecule has 0 spiro atoms. The number of carbonyl (C=O) groups is 1. The molecule has 0 aliphatic carbocycles. The molecule has 4 nitrogen and oxygen atoms in total. The SMILES string of the molecule is CC(C)OC(=O)NCCN1CCSCC1. The highest BCUT2D eigenvalue weighted by Crippen LogP contribution is 2.07. The maximum atomic E-state index is 11.1. The topological polar surface area (TPSA) is 41.6 Å². The molecule has 1 rings (SSSR count). The number of ether oxygens (including phenoxy) is 1. The number of alkyl carbamates (subject to hydrolysis) is 1. The summed E-state index contributed by atoms with van der Waals surface area (Å²) in [6.07, 6.45) is -0.354. The molecule has 88 valence electrons. The van der Waals surface area contributed by atoms with Crippen molar-refractivity contribution in [2.24, 2.45) is 0 Å². The minimum atomic E-state index is -0.309. The third-order valence-corrected chi connectivity index (χ3v) is 3.09. The van der Waals surface area contributed by atoms with E-state index in [-0.39, 0.29) is 12.2 Å². The lowest BCUT2D eigenvalue weighted by atomic mass is 10.4. The summed E-state index contributed by atoms with van der Waals surface area (Å²) in [5, 5.41) is 2.75. The fourth-order valence-electron chi connectivity index (χ4n) is 1.40. The van der Waals surface area contributed by atoms with Gasteiger partial charge in [0.15, 0.2) is 0 Å². The predicted molar refractivity (Wildman–Crippen MR) is 63.4 cm³/mol. The van der Waals surface area contributed by atoms with Gasteiger partial charge in [0.1, 0.15) is 0 Å². The molecule has 0 aromatic carbocycles. The zero-order valence-electron chi connectivity index (χ0n) is 9.49. The molecule has 0 aromatic rings. The quantitative estimate of drug-likeness (QED) is 0.790. The molecule has 0 aromatic heterocycles. The van der Waals surface area contributed by atoms with Crippen LogP contribution in [0.2, 0.25) is 0 Å². The van der Waals surface area contributed by atoms with Crippen LogP contribution in [0, 0.1) is 0 Å². The van der Waals surface area contributed by atoms with Gasteiger partial charge in [-0.05, 0) is 13.8 Å². The van der Waals surface area contributed by atoms with E-state index in [9.17, 15) is 4.79 Å². The summed E-state index contributed by atoms with van der Waals surface area (Å²) in [7, 11) is 0. The smallest absolute Gasteiger partial charge is 0.407 e. The van der Waals surface area contributed by atoms with Gasteiger partial charge in [-0.25, -0.2) is 4.79 Å². The Morgan fingerprint density at radius 3 is 2.73 bits per heavy atom. The first-order chi connectivity index (χ1) is 7.18. The van der Waals surface area contributed by atoms with Gasteiger partial charge in [0.25, 0.3) is 0 Å². The molecule has 15 heavy (non-hydrogen) atoms. The summed E-state index contributed by atoms with van der Waals surface area (Å²) in [4.78, 5) is 13.5. The van der Waals surface area contributed by atoms with Gasteiger partial charge in [-0.15, -0.1) is 0 Å². The Balaban J connectivity index is 2.02.